The summed E-state index contributed by atoms with van der Waals surface area (Å²) in [7, 11) is 0. The van der Waals surface area contributed by atoms with Gasteiger partial charge in [-0.1, -0.05) is 29.8 Å². The summed E-state index contributed by atoms with van der Waals surface area (Å²) in [6, 6.07) is 13.9. The van der Waals surface area contributed by atoms with Crippen LogP contribution in [-0.4, -0.2) is 20.2 Å². The first kappa shape index (κ1) is 13.6. The Morgan fingerprint density at radius 3 is 2.67 bits per heavy atom. The van der Waals surface area contributed by atoms with Gasteiger partial charge in [-0.15, -0.1) is 5.10 Å². The van der Waals surface area contributed by atoms with Crippen molar-refractivity contribution in [2.75, 3.05) is 5.32 Å². The Morgan fingerprint density at radius 2 is 1.95 bits per heavy atom. The van der Waals surface area contributed by atoms with Crippen molar-refractivity contribution in [1.29, 1.82) is 0 Å². The third-order valence-corrected chi connectivity index (χ3v) is 3.47. The summed E-state index contributed by atoms with van der Waals surface area (Å²) in [4.78, 5) is 0. The number of hydrogen-bond acceptors (Lipinski definition) is 4. The highest BCUT2D eigenvalue weighted by atomic mass is 35.5. The van der Waals surface area contributed by atoms with Crippen molar-refractivity contribution in [2.45, 2.75) is 13.5 Å². The normalized spacial score (nSPS) is 10.6. The van der Waals surface area contributed by atoms with Crippen LogP contribution in [-0.2, 0) is 6.54 Å². The van der Waals surface area contributed by atoms with E-state index in [0.29, 0.717) is 0 Å². The molecule has 0 spiro atoms. The lowest BCUT2D eigenvalue weighted by molar-refractivity contribution is 0.785. The van der Waals surface area contributed by atoms with Gasteiger partial charge in [-0.2, -0.15) is 0 Å². The molecule has 2 aromatic carbocycles. The van der Waals surface area contributed by atoms with Gasteiger partial charge in [0.05, 0.1) is 5.69 Å². The molecule has 0 atom stereocenters. The third kappa shape index (κ3) is 3.20. The lowest BCUT2D eigenvalue weighted by atomic mass is 10.1. The summed E-state index contributed by atoms with van der Waals surface area (Å²) < 4.78 is 1.66. The topological polar surface area (TPSA) is 55.6 Å². The second-order valence-electron chi connectivity index (χ2n) is 4.74. The van der Waals surface area contributed by atoms with Gasteiger partial charge < -0.3 is 5.32 Å². The average molecular weight is 300 g/mol. The molecule has 1 N–H and O–H groups in total. The largest absolute Gasteiger partial charge is 0.381 e. The summed E-state index contributed by atoms with van der Waals surface area (Å²) in [6.07, 6.45) is 1.59. The maximum Gasteiger partial charge on any atom is 0.143 e. The van der Waals surface area contributed by atoms with Crippen molar-refractivity contribution in [3.63, 3.8) is 0 Å². The Hall–Kier alpha value is -2.40. The van der Waals surface area contributed by atoms with Gasteiger partial charge in [0.15, 0.2) is 0 Å². The number of anilines is 1. The number of nitrogens with zero attached hydrogens (tertiary/aromatic N) is 4. The van der Waals surface area contributed by atoms with Gasteiger partial charge in [0, 0.05) is 17.3 Å². The zero-order valence-corrected chi connectivity index (χ0v) is 12.2. The maximum absolute atomic E-state index is 5.88. The fourth-order valence-electron chi connectivity index (χ4n) is 2.04. The summed E-state index contributed by atoms with van der Waals surface area (Å²) in [5, 5.41) is 15.4. The predicted octanol–water partition coefficient (Wildman–Crippen LogP) is 3.24. The van der Waals surface area contributed by atoms with Crippen LogP contribution in [0.1, 0.15) is 11.1 Å². The van der Waals surface area contributed by atoms with Crippen molar-refractivity contribution in [2.24, 2.45) is 0 Å². The fourth-order valence-corrected chi connectivity index (χ4v) is 2.17. The summed E-state index contributed by atoms with van der Waals surface area (Å²) in [6.45, 7) is 2.76. The standard InChI is InChI=1S/C15H14ClN5/c1-11-2-7-14(8-15(11)21-10-18-19-20-21)17-9-12-3-5-13(16)6-4-12/h2-8,10,17H,9H2,1H3. The molecule has 0 unspecified atom stereocenters. The van der Waals surface area contributed by atoms with E-state index in [1.54, 1.807) is 11.0 Å². The zero-order chi connectivity index (χ0) is 14.7. The highest BCUT2D eigenvalue weighted by Crippen LogP contribution is 2.19. The highest BCUT2D eigenvalue weighted by molar-refractivity contribution is 6.30. The quantitative estimate of drug-likeness (QED) is 0.803. The van der Waals surface area contributed by atoms with Crippen LogP contribution in [0.15, 0.2) is 48.8 Å². The Labute approximate surface area is 127 Å². The zero-order valence-electron chi connectivity index (χ0n) is 11.5. The minimum Gasteiger partial charge on any atom is -0.381 e. The van der Waals surface area contributed by atoms with Crippen LogP contribution in [0.2, 0.25) is 5.02 Å². The molecule has 0 amide bonds. The van der Waals surface area contributed by atoms with Crippen molar-refractivity contribution in [1.82, 2.24) is 20.2 Å². The Kier molecular flexibility index (Phi) is 3.83. The minimum atomic E-state index is 0.731. The van der Waals surface area contributed by atoms with Crippen LogP contribution in [0.4, 0.5) is 5.69 Å². The van der Waals surface area contributed by atoms with E-state index in [1.807, 2.05) is 49.4 Å². The predicted molar refractivity (Wildman–Crippen MR) is 82.7 cm³/mol. The Bertz CT molecular complexity index is 722. The van der Waals surface area contributed by atoms with E-state index in [-0.39, 0.29) is 0 Å². The van der Waals surface area contributed by atoms with Gasteiger partial charge in [-0.05, 0) is 52.7 Å². The van der Waals surface area contributed by atoms with Gasteiger partial charge >= 0.3 is 0 Å². The van der Waals surface area contributed by atoms with Gasteiger partial charge in [0.1, 0.15) is 6.33 Å². The molecule has 106 valence electrons. The first-order chi connectivity index (χ1) is 10.2. The van der Waals surface area contributed by atoms with E-state index in [1.165, 1.54) is 5.56 Å². The first-order valence-corrected chi connectivity index (χ1v) is 6.92. The molecule has 0 saturated carbocycles. The SMILES string of the molecule is Cc1ccc(NCc2ccc(Cl)cc2)cc1-n1cnnn1. The van der Waals surface area contributed by atoms with Gasteiger partial charge in [0.2, 0.25) is 0 Å². The molecule has 1 heterocycles. The van der Waals surface area contributed by atoms with Crippen LogP contribution >= 0.6 is 11.6 Å². The molecule has 6 heteroatoms. The second-order valence-corrected chi connectivity index (χ2v) is 5.17. The van der Waals surface area contributed by atoms with Crippen LogP contribution in [0, 0.1) is 6.92 Å². The molecule has 21 heavy (non-hydrogen) atoms. The molecule has 5 nitrogen and oxygen atoms in total. The maximum atomic E-state index is 5.88. The lowest BCUT2D eigenvalue weighted by Gasteiger charge is -2.10. The molecule has 0 aliphatic carbocycles. The second kappa shape index (κ2) is 5.93. The first-order valence-electron chi connectivity index (χ1n) is 6.55. The van der Waals surface area contributed by atoms with E-state index >= 15 is 0 Å². The average Bonchev–Trinajstić information content (AvgIpc) is 3.02. The minimum absolute atomic E-state index is 0.731. The molecule has 0 bridgehead atoms. The molecule has 0 aliphatic heterocycles. The lowest BCUT2D eigenvalue weighted by Crippen LogP contribution is -2.03. The summed E-state index contributed by atoms with van der Waals surface area (Å²) >= 11 is 5.88. The molecule has 0 aliphatic rings. The molecular formula is C15H14ClN5. The number of rotatable bonds is 4. The molecule has 0 radical (unpaired) electrons. The number of benzene rings is 2. The van der Waals surface area contributed by atoms with E-state index < -0.39 is 0 Å². The van der Waals surface area contributed by atoms with E-state index in [2.05, 4.69) is 20.8 Å². The number of nitrogens with one attached hydrogen (secondary N) is 1. The van der Waals surface area contributed by atoms with Crippen molar-refractivity contribution in [3.8, 4) is 5.69 Å². The molecule has 0 saturated heterocycles. The van der Waals surface area contributed by atoms with Crippen molar-refractivity contribution < 1.29 is 0 Å². The Morgan fingerprint density at radius 1 is 1.14 bits per heavy atom. The molecule has 3 aromatic rings. The number of aryl methyl sites for hydroxylation is 1. The monoisotopic (exact) mass is 299 g/mol. The molecule has 1 aromatic heterocycles. The number of halogens is 1. The van der Waals surface area contributed by atoms with Crippen LogP contribution < -0.4 is 5.32 Å². The number of hydrogen-bond donors (Lipinski definition) is 1. The molecular weight excluding hydrogens is 286 g/mol. The number of tetrazole rings is 1. The van der Waals surface area contributed by atoms with Crippen LogP contribution in [0.25, 0.3) is 5.69 Å². The fraction of sp³-hybridized carbons (Fsp3) is 0.133. The van der Waals surface area contributed by atoms with Gasteiger partial charge in [-0.25, -0.2) is 4.68 Å². The van der Waals surface area contributed by atoms with E-state index in [0.717, 1.165) is 28.5 Å². The smallest absolute Gasteiger partial charge is 0.143 e. The van der Waals surface area contributed by atoms with Crippen LogP contribution in [0.3, 0.4) is 0 Å². The van der Waals surface area contributed by atoms with Gasteiger partial charge in [-0.3, -0.25) is 0 Å². The third-order valence-electron chi connectivity index (χ3n) is 3.21. The van der Waals surface area contributed by atoms with Crippen molar-refractivity contribution in [3.05, 3.63) is 64.9 Å². The number of aromatic nitrogens is 4. The van der Waals surface area contributed by atoms with E-state index in [9.17, 15) is 0 Å². The van der Waals surface area contributed by atoms with Crippen molar-refractivity contribution >= 4 is 17.3 Å². The summed E-state index contributed by atoms with van der Waals surface area (Å²) in [5.41, 5.74) is 4.26. The van der Waals surface area contributed by atoms with Gasteiger partial charge in [0.25, 0.3) is 0 Å². The molecule has 3 rings (SSSR count). The highest BCUT2D eigenvalue weighted by Gasteiger charge is 2.04. The van der Waals surface area contributed by atoms with E-state index in [4.69, 9.17) is 11.6 Å². The molecule has 0 fully saturated rings. The Balaban J connectivity index is 1.77. The summed E-state index contributed by atoms with van der Waals surface area (Å²) in [5.74, 6) is 0. The van der Waals surface area contributed by atoms with Crippen LogP contribution in [0.5, 0.6) is 0 Å².